The average molecular weight is 461 g/mol. The first-order chi connectivity index (χ1) is 15.8. The molecule has 1 N–H and O–H groups in total. The second-order valence-electron chi connectivity index (χ2n) is 9.09. The third kappa shape index (κ3) is 4.40. The third-order valence-corrected chi connectivity index (χ3v) is 6.92. The summed E-state index contributed by atoms with van der Waals surface area (Å²) in [6.07, 6.45) is -1.49. The van der Waals surface area contributed by atoms with E-state index in [1.165, 1.54) is 6.07 Å². The lowest BCUT2D eigenvalue weighted by Gasteiger charge is -2.23. The smallest absolute Gasteiger partial charge is 0.416 e. The van der Waals surface area contributed by atoms with Gasteiger partial charge in [-0.15, -0.1) is 0 Å². The van der Waals surface area contributed by atoms with Gasteiger partial charge >= 0.3 is 12.1 Å². The SMILES string of the molecule is O=C(O)CC1COc2cc(O[C@@H]3CCc4c3ccc(C(F)(F)F)c4CN3CCCC3)ccc21. The second kappa shape index (κ2) is 8.56. The molecule has 2 aromatic rings. The van der Waals surface area contributed by atoms with E-state index in [-0.39, 0.29) is 18.4 Å². The van der Waals surface area contributed by atoms with Crippen LogP contribution in [-0.4, -0.2) is 35.7 Å². The number of hydrogen-bond donors (Lipinski definition) is 1. The standard InChI is InChI=1S/C25H26F3NO4/c26-25(27,28)21-7-5-19-18(20(21)13-29-9-1-2-10-29)6-8-22(19)33-16-3-4-17-15(11-24(30)31)14-32-23(17)12-16/h3-5,7,12,15,22H,1-2,6,8-11,13-14H2,(H,30,31)/t15?,22-/m1/s1. The van der Waals surface area contributed by atoms with Gasteiger partial charge in [-0.2, -0.15) is 13.2 Å². The lowest BCUT2D eigenvalue weighted by molar-refractivity contribution is -0.139. The maximum atomic E-state index is 13.8. The molecule has 1 unspecified atom stereocenters. The maximum absolute atomic E-state index is 13.8. The Morgan fingerprint density at radius 3 is 2.64 bits per heavy atom. The van der Waals surface area contributed by atoms with Crippen molar-refractivity contribution in [2.24, 2.45) is 0 Å². The molecule has 1 aliphatic carbocycles. The number of nitrogens with zero attached hydrogens (tertiary/aromatic N) is 1. The second-order valence-corrected chi connectivity index (χ2v) is 9.09. The summed E-state index contributed by atoms with van der Waals surface area (Å²) >= 11 is 0. The summed E-state index contributed by atoms with van der Waals surface area (Å²) in [7, 11) is 0. The van der Waals surface area contributed by atoms with Gasteiger partial charge in [-0.25, -0.2) is 0 Å². The van der Waals surface area contributed by atoms with Crippen LogP contribution in [0, 0.1) is 0 Å². The normalized spacial score (nSPS) is 22.2. The number of likely N-dealkylation sites (tertiary alicyclic amines) is 1. The summed E-state index contributed by atoms with van der Waals surface area (Å²) in [4.78, 5) is 13.1. The van der Waals surface area contributed by atoms with Crippen LogP contribution in [0.4, 0.5) is 13.2 Å². The highest BCUT2D eigenvalue weighted by Crippen LogP contribution is 2.44. The van der Waals surface area contributed by atoms with Gasteiger partial charge in [0.1, 0.15) is 17.6 Å². The minimum Gasteiger partial charge on any atom is -0.492 e. The van der Waals surface area contributed by atoms with Crippen molar-refractivity contribution in [1.29, 1.82) is 0 Å². The third-order valence-electron chi connectivity index (χ3n) is 6.92. The average Bonchev–Trinajstić information content (AvgIpc) is 3.48. The van der Waals surface area contributed by atoms with Gasteiger partial charge in [-0.05, 0) is 67.6 Å². The van der Waals surface area contributed by atoms with Crippen LogP contribution < -0.4 is 9.47 Å². The molecule has 1 saturated heterocycles. The van der Waals surface area contributed by atoms with E-state index in [0.29, 0.717) is 43.1 Å². The van der Waals surface area contributed by atoms with Crippen LogP contribution in [-0.2, 0) is 23.9 Å². The minimum absolute atomic E-state index is 0.00450. The van der Waals surface area contributed by atoms with E-state index in [1.807, 2.05) is 6.07 Å². The molecule has 0 spiro atoms. The molecule has 2 heterocycles. The van der Waals surface area contributed by atoms with Gasteiger partial charge in [0.05, 0.1) is 18.6 Å². The molecule has 176 valence electrons. The molecule has 8 heteroatoms. The number of carbonyl (C=O) groups is 1. The van der Waals surface area contributed by atoms with Gasteiger partial charge in [-0.1, -0.05) is 12.1 Å². The van der Waals surface area contributed by atoms with Crippen LogP contribution in [0.1, 0.15) is 65.5 Å². The molecule has 5 nitrogen and oxygen atoms in total. The minimum atomic E-state index is -4.38. The molecule has 33 heavy (non-hydrogen) atoms. The van der Waals surface area contributed by atoms with Crippen molar-refractivity contribution in [3.8, 4) is 11.5 Å². The maximum Gasteiger partial charge on any atom is 0.416 e. The largest absolute Gasteiger partial charge is 0.492 e. The van der Waals surface area contributed by atoms with Crippen LogP contribution in [0.15, 0.2) is 30.3 Å². The lowest BCUT2D eigenvalue weighted by atomic mass is 9.96. The van der Waals surface area contributed by atoms with Gasteiger partial charge in [0.25, 0.3) is 0 Å². The first-order valence-electron chi connectivity index (χ1n) is 11.4. The number of carboxylic acid groups (broad SMARTS) is 1. The summed E-state index contributed by atoms with van der Waals surface area (Å²) < 4.78 is 53.2. The molecule has 0 saturated carbocycles. The van der Waals surface area contributed by atoms with Crippen molar-refractivity contribution < 1.29 is 32.5 Å². The number of ether oxygens (including phenoxy) is 2. The van der Waals surface area contributed by atoms with Crippen LogP contribution >= 0.6 is 0 Å². The zero-order chi connectivity index (χ0) is 23.2. The molecule has 2 aliphatic heterocycles. The first kappa shape index (κ1) is 22.1. The molecule has 2 aromatic carbocycles. The van der Waals surface area contributed by atoms with Crippen molar-refractivity contribution >= 4 is 5.97 Å². The number of carboxylic acids is 1. The monoisotopic (exact) mass is 461 g/mol. The number of alkyl halides is 3. The molecule has 0 bridgehead atoms. The Hall–Kier alpha value is -2.74. The predicted octanol–water partition coefficient (Wildman–Crippen LogP) is 5.32. The van der Waals surface area contributed by atoms with Crippen molar-refractivity contribution in [2.75, 3.05) is 19.7 Å². The molecule has 0 aromatic heterocycles. The van der Waals surface area contributed by atoms with Crippen LogP contribution in [0.5, 0.6) is 11.5 Å². The Kier molecular flexibility index (Phi) is 5.72. The highest BCUT2D eigenvalue weighted by molar-refractivity contribution is 5.68. The van der Waals surface area contributed by atoms with E-state index < -0.39 is 17.7 Å². The Labute approximate surface area is 190 Å². The highest BCUT2D eigenvalue weighted by Gasteiger charge is 2.38. The summed E-state index contributed by atoms with van der Waals surface area (Å²) in [6, 6.07) is 8.14. The number of hydrogen-bond acceptors (Lipinski definition) is 4. The first-order valence-corrected chi connectivity index (χ1v) is 11.4. The van der Waals surface area contributed by atoms with E-state index in [2.05, 4.69) is 4.90 Å². The molecular formula is C25H26F3NO4. The van der Waals surface area contributed by atoms with Crippen molar-refractivity contribution in [3.63, 3.8) is 0 Å². The van der Waals surface area contributed by atoms with Gasteiger partial charge in [0.2, 0.25) is 0 Å². The van der Waals surface area contributed by atoms with Crippen LogP contribution in [0.25, 0.3) is 0 Å². The number of rotatable bonds is 6. The van der Waals surface area contributed by atoms with Crippen molar-refractivity contribution in [1.82, 2.24) is 4.90 Å². The quantitative estimate of drug-likeness (QED) is 0.631. The molecule has 1 fully saturated rings. The highest BCUT2D eigenvalue weighted by atomic mass is 19.4. The number of benzene rings is 2. The molecule has 3 aliphatic rings. The number of halogens is 3. The topological polar surface area (TPSA) is 59.0 Å². The van der Waals surface area contributed by atoms with Crippen molar-refractivity contribution in [2.45, 2.75) is 56.8 Å². The zero-order valence-corrected chi connectivity index (χ0v) is 18.2. The van der Waals surface area contributed by atoms with E-state index in [9.17, 15) is 18.0 Å². The zero-order valence-electron chi connectivity index (χ0n) is 18.2. The van der Waals surface area contributed by atoms with Gasteiger partial charge in [-0.3, -0.25) is 9.69 Å². The number of fused-ring (bicyclic) bond motifs is 2. The molecule has 0 amide bonds. The van der Waals surface area contributed by atoms with Gasteiger partial charge < -0.3 is 14.6 Å². The van der Waals surface area contributed by atoms with Gasteiger partial charge in [0.15, 0.2) is 0 Å². The summed E-state index contributed by atoms with van der Waals surface area (Å²) in [6.45, 7) is 2.30. The van der Waals surface area contributed by atoms with Gasteiger partial charge in [0, 0.05) is 24.1 Å². The fraction of sp³-hybridized carbons (Fsp3) is 0.480. The molecular weight excluding hydrogens is 435 g/mol. The Morgan fingerprint density at radius 2 is 1.91 bits per heavy atom. The lowest BCUT2D eigenvalue weighted by Crippen LogP contribution is -2.22. The Bertz CT molecular complexity index is 1060. The summed E-state index contributed by atoms with van der Waals surface area (Å²) in [5.41, 5.74) is 2.29. The van der Waals surface area contributed by atoms with Crippen molar-refractivity contribution in [3.05, 3.63) is 58.1 Å². The van der Waals surface area contributed by atoms with E-state index in [4.69, 9.17) is 14.6 Å². The fourth-order valence-electron chi connectivity index (χ4n) is 5.35. The molecule has 0 radical (unpaired) electrons. The molecule has 2 atom stereocenters. The Balaban J connectivity index is 1.39. The molecule has 5 rings (SSSR count). The van der Waals surface area contributed by atoms with E-state index in [1.54, 1.807) is 18.2 Å². The van der Waals surface area contributed by atoms with E-state index >= 15 is 0 Å². The fourth-order valence-corrected chi connectivity index (χ4v) is 5.35. The van der Waals surface area contributed by atoms with Crippen LogP contribution in [0.3, 0.4) is 0 Å². The summed E-state index contributed by atoms with van der Waals surface area (Å²) in [5.74, 6) is 0.123. The predicted molar refractivity (Wildman–Crippen MR) is 115 cm³/mol. The summed E-state index contributed by atoms with van der Waals surface area (Å²) in [5, 5.41) is 9.06. The van der Waals surface area contributed by atoms with Crippen LogP contribution in [0.2, 0.25) is 0 Å². The Morgan fingerprint density at radius 1 is 1.15 bits per heavy atom. The number of aliphatic carboxylic acids is 1. The van der Waals surface area contributed by atoms with E-state index in [0.717, 1.165) is 42.6 Å².